The minimum Gasteiger partial charge on any atom is -0.399 e. The summed E-state index contributed by atoms with van der Waals surface area (Å²) in [5.74, 6) is 1.43. The molecule has 0 amide bonds. The van der Waals surface area contributed by atoms with Crippen LogP contribution in [0.15, 0.2) is 54.9 Å². The molecule has 1 aliphatic rings. The van der Waals surface area contributed by atoms with Crippen LogP contribution < -0.4 is 16.0 Å². The van der Waals surface area contributed by atoms with Crippen LogP contribution >= 0.6 is 0 Å². The van der Waals surface area contributed by atoms with E-state index in [0.717, 1.165) is 52.6 Å². The lowest BCUT2D eigenvalue weighted by molar-refractivity contribution is 0.122. The summed E-state index contributed by atoms with van der Waals surface area (Å²) in [7, 11) is 1.99. The number of nitrogens with one attached hydrogen (secondary N) is 1. The van der Waals surface area contributed by atoms with Crippen molar-refractivity contribution in [3.63, 3.8) is 0 Å². The van der Waals surface area contributed by atoms with Crippen LogP contribution in [0.25, 0.3) is 22.3 Å². The second kappa shape index (κ2) is 7.64. The second-order valence-corrected chi connectivity index (χ2v) is 7.34. The molecule has 1 saturated heterocycles. The first-order valence-electron chi connectivity index (χ1n) is 9.91. The van der Waals surface area contributed by atoms with Crippen molar-refractivity contribution < 1.29 is 4.74 Å². The van der Waals surface area contributed by atoms with Gasteiger partial charge >= 0.3 is 0 Å². The fraction of sp³-hybridized carbons (Fsp3) is 0.227. The molecule has 30 heavy (non-hydrogen) atoms. The van der Waals surface area contributed by atoms with Gasteiger partial charge in [-0.3, -0.25) is 0 Å². The maximum absolute atomic E-state index is 5.81. The fourth-order valence-electron chi connectivity index (χ4n) is 3.55. The van der Waals surface area contributed by atoms with Crippen molar-refractivity contribution in [2.24, 2.45) is 7.05 Å². The Hall–Kier alpha value is -3.65. The minimum absolute atomic E-state index is 0.676. The Kier molecular flexibility index (Phi) is 4.68. The van der Waals surface area contributed by atoms with Gasteiger partial charge in [-0.15, -0.1) is 0 Å². The van der Waals surface area contributed by atoms with E-state index in [2.05, 4.69) is 21.3 Å². The van der Waals surface area contributed by atoms with Gasteiger partial charge in [-0.25, -0.2) is 9.97 Å². The van der Waals surface area contributed by atoms with Gasteiger partial charge in [-0.2, -0.15) is 4.98 Å². The molecular formula is C22H23N7O. The van der Waals surface area contributed by atoms with Crippen LogP contribution in [-0.4, -0.2) is 45.8 Å². The molecule has 0 atom stereocenters. The van der Waals surface area contributed by atoms with E-state index in [4.69, 9.17) is 20.4 Å². The molecule has 3 N–H and O–H groups in total. The number of nitrogen functional groups attached to an aromatic ring is 1. The first-order valence-corrected chi connectivity index (χ1v) is 9.91. The Morgan fingerprint density at radius 1 is 1.00 bits per heavy atom. The first kappa shape index (κ1) is 18.4. The summed E-state index contributed by atoms with van der Waals surface area (Å²) >= 11 is 0. The summed E-state index contributed by atoms with van der Waals surface area (Å²) in [6, 6.07) is 15.8. The number of aryl methyl sites for hydroxylation is 1. The molecule has 0 spiro atoms. The molecule has 2 aromatic carbocycles. The third-order valence-electron chi connectivity index (χ3n) is 5.21. The highest BCUT2D eigenvalue weighted by molar-refractivity contribution is 5.82. The third-order valence-corrected chi connectivity index (χ3v) is 5.21. The van der Waals surface area contributed by atoms with E-state index in [1.165, 1.54) is 0 Å². The number of anilines is 4. The predicted molar refractivity (Wildman–Crippen MR) is 119 cm³/mol. The number of ether oxygens (including phenoxy) is 1. The van der Waals surface area contributed by atoms with Crippen molar-refractivity contribution in [1.82, 2.24) is 19.5 Å². The van der Waals surface area contributed by atoms with Crippen LogP contribution in [-0.2, 0) is 11.8 Å². The van der Waals surface area contributed by atoms with E-state index in [-0.39, 0.29) is 0 Å². The van der Waals surface area contributed by atoms with Gasteiger partial charge < -0.3 is 25.3 Å². The number of fused-ring (bicyclic) bond motifs is 1. The average molecular weight is 401 g/mol. The van der Waals surface area contributed by atoms with Crippen LogP contribution in [0.5, 0.6) is 0 Å². The molecule has 1 aliphatic heterocycles. The molecule has 4 aromatic rings. The molecule has 0 unspecified atom stereocenters. The lowest BCUT2D eigenvalue weighted by Gasteiger charge is -2.27. The molecule has 2 aromatic heterocycles. The summed E-state index contributed by atoms with van der Waals surface area (Å²) in [5.41, 5.74) is 11.4. The molecule has 0 saturated carbocycles. The van der Waals surface area contributed by atoms with Gasteiger partial charge in [-0.05, 0) is 36.4 Å². The molecule has 0 bridgehead atoms. The maximum Gasteiger partial charge on any atom is 0.228 e. The van der Waals surface area contributed by atoms with E-state index < -0.39 is 0 Å². The Labute approximate surface area is 174 Å². The molecule has 0 radical (unpaired) electrons. The maximum atomic E-state index is 5.81. The molecule has 1 fully saturated rings. The van der Waals surface area contributed by atoms with Crippen molar-refractivity contribution in [1.29, 1.82) is 0 Å². The monoisotopic (exact) mass is 401 g/mol. The molecule has 8 nitrogen and oxygen atoms in total. The second-order valence-electron chi connectivity index (χ2n) is 7.34. The number of nitrogens with two attached hydrogens (primary N) is 1. The van der Waals surface area contributed by atoms with E-state index in [0.29, 0.717) is 19.2 Å². The van der Waals surface area contributed by atoms with Crippen molar-refractivity contribution in [3.05, 3.63) is 54.9 Å². The number of hydrogen-bond donors (Lipinski definition) is 2. The predicted octanol–water partition coefficient (Wildman–Crippen LogP) is 3.19. The normalized spacial score (nSPS) is 14.2. The van der Waals surface area contributed by atoms with Crippen LogP contribution in [0.4, 0.5) is 23.1 Å². The molecule has 152 valence electrons. The van der Waals surface area contributed by atoms with Crippen molar-refractivity contribution in [2.45, 2.75) is 0 Å². The summed E-state index contributed by atoms with van der Waals surface area (Å²) < 4.78 is 7.50. The number of morpholine rings is 1. The highest BCUT2D eigenvalue weighted by Gasteiger charge is 2.17. The fourth-order valence-corrected chi connectivity index (χ4v) is 3.55. The van der Waals surface area contributed by atoms with E-state index in [1.54, 1.807) is 0 Å². The number of imidazole rings is 1. The number of aromatic nitrogens is 4. The van der Waals surface area contributed by atoms with Crippen molar-refractivity contribution in [2.75, 3.05) is 42.3 Å². The summed E-state index contributed by atoms with van der Waals surface area (Å²) in [6.45, 7) is 2.89. The van der Waals surface area contributed by atoms with Gasteiger partial charge in [-0.1, -0.05) is 6.07 Å². The van der Waals surface area contributed by atoms with Crippen LogP contribution in [0, 0.1) is 0 Å². The largest absolute Gasteiger partial charge is 0.399 e. The number of nitrogens with zero attached hydrogens (tertiary/aromatic N) is 5. The molecule has 8 heteroatoms. The molecular weight excluding hydrogens is 378 g/mol. The first-order chi connectivity index (χ1) is 14.7. The minimum atomic E-state index is 0.676. The quantitative estimate of drug-likeness (QED) is 0.507. The van der Waals surface area contributed by atoms with E-state index in [1.807, 2.05) is 60.4 Å². The van der Waals surface area contributed by atoms with Crippen LogP contribution in [0.2, 0.25) is 0 Å². The smallest absolute Gasteiger partial charge is 0.228 e. The molecule has 0 aliphatic carbocycles. The van der Waals surface area contributed by atoms with Gasteiger partial charge in [0.1, 0.15) is 5.82 Å². The van der Waals surface area contributed by atoms with Gasteiger partial charge in [0.05, 0.1) is 36.3 Å². The summed E-state index contributed by atoms with van der Waals surface area (Å²) in [6.07, 6.45) is 1.82. The molecule has 3 heterocycles. The van der Waals surface area contributed by atoms with Gasteiger partial charge in [0.2, 0.25) is 5.95 Å². The summed E-state index contributed by atoms with van der Waals surface area (Å²) in [4.78, 5) is 16.2. The average Bonchev–Trinajstić information content (AvgIpc) is 3.16. The SMILES string of the molecule is Cn1cnc2ccc(-c3cc(Nc4ccc(N)cc4)nc(N4CCOCC4)n3)cc21. The Morgan fingerprint density at radius 2 is 1.80 bits per heavy atom. The molecule has 5 rings (SSSR count). The number of hydrogen-bond acceptors (Lipinski definition) is 7. The van der Waals surface area contributed by atoms with E-state index >= 15 is 0 Å². The van der Waals surface area contributed by atoms with Crippen molar-refractivity contribution >= 4 is 34.2 Å². The Morgan fingerprint density at radius 3 is 2.60 bits per heavy atom. The van der Waals surface area contributed by atoms with Gasteiger partial charge in [0.15, 0.2) is 0 Å². The number of benzene rings is 2. The van der Waals surface area contributed by atoms with Gasteiger partial charge in [0.25, 0.3) is 0 Å². The lowest BCUT2D eigenvalue weighted by atomic mass is 10.1. The number of rotatable bonds is 4. The lowest BCUT2D eigenvalue weighted by Crippen LogP contribution is -2.37. The third kappa shape index (κ3) is 3.65. The highest BCUT2D eigenvalue weighted by Crippen LogP contribution is 2.28. The summed E-state index contributed by atoms with van der Waals surface area (Å²) in [5, 5.41) is 3.38. The highest BCUT2D eigenvalue weighted by atomic mass is 16.5. The zero-order valence-electron chi connectivity index (χ0n) is 16.7. The van der Waals surface area contributed by atoms with Crippen molar-refractivity contribution in [3.8, 4) is 11.3 Å². The Balaban J connectivity index is 1.57. The standard InChI is InChI=1S/C22H23N7O/c1-28-14-24-18-7-2-15(12-20(18)28)19-13-21(25-17-5-3-16(23)4-6-17)27-22(26-19)29-8-10-30-11-9-29/h2-7,12-14H,8-11,23H2,1H3,(H,25,26,27). The van der Waals surface area contributed by atoms with Crippen LogP contribution in [0.3, 0.4) is 0 Å². The van der Waals surface area contributed by atoms with Gasteiger partial charge in [0, 0.05) is 43.1 Å². The zero-order chi connectivity index (χ0) is 20.5. The van der Waals surface area contributed by atoms with E-state index in [9.17, 15) is 0 Å². The Bertz CT molecular complexity index is 1180. The topological polar surface area (TPSA) is 94.1 Å². The van der Waals surface area contributed by atoms with Crippen LogP contribution in [0.1, 0.15) is 0 Å². The zero-order valence-corrected chi connectivity index (χ0v) is 16.7.